The zero-order chi connectivity index (χ0) is 19.2. The Morgan fingerprint density at radius 1 is 1.19 bits per heavy atom. The first-order chi connectivity index (χ1) is 12.9. The van der Waals surface area contributed by atoms with Crippen LogP contribution in [-0.2, 0) is 9.84 Å². The number of amides is 1. The molecule has 1 aromatic heterocycles. The highest BCUT2D eigenvalue weighted by Crippen LogP contribution is 2.24. The molecule has 2 heterocycles. The molecule has 0 unspecified atom stereocenters. The largest absolute Gasteiger partial charge is 0.338 e. The molecule has 27 heavy (non-hydrogen) atoms. The van der Waals surface area contributed by atoms with Gasteiger partial charge in [-0.15, -0.1) is 0 Å². The normalized spacial score (nSPS) is 18.7. The summed E-state index contributed by atoms with van der Waals surface area (Å²) in [5, 5.41) is 0. The van der Waals surface area contributed by atoms with Gasteiger partial charge in [-0.3, -0.25) is 9.36 Å². The van der Waals surface area contributed by atoms with Crippen LogP contribution in [0.15, 0.2) is 48.5 Å². The summed E-state index contributed by atoms with van der Waals surface area (Å²) in [6.07, 6.45) is 0.495. The third kappa shape index (κ3) is 3.23. The Morgan fingerprint density at radius 3 is 2.59 bits per heavy atom. The van der Waals surface area contributed by atoms with Gasteiger partial charge in [0.15, 0.2) is 9.84 Å². The Kier molecular flexibility index (Phi) is 4.26. The minimum Gasteiger partial charge on any atom is -0.338 e. The Hall–Kier alpha value is -2.67. The van der Waals surface area contributed by atoms with E-state index in [0.29, 0.717) is 12.0 Å². The first-order valence-corrected chi connectivity index (χ1v) is 10.7. The highest BCUT2D eigenvalue weighted by molar-refractivity contribution is 7.91. The van der Waals surface area contributed by atoms with Crippen molar-refractivity contribution in [1.82, 2.24) is 14.5 Å². The second kappa shape index (κ2) is 6.49. The number of hydrogen-bond acceptors (Lipinski definition) is 4. The van der Waals surface area contributed by atoms with Crippen LogP contribution < -0.4 is 0 Å². The maximum absolute atomic E-state index is 12.8. The first kappa shape index (κ1) is 17.7. The first-order valence-electron chi connectivity index (χ1n) is 8.88. The lowest BCUT2D eigenvalue weighted by atomic mass is 10.1. The molecule has 0 aliphatic carbocycles. The van der Waals surface area contributed by atoms with E-state index < -0.39 is 9.84 Å². The third-order valence-corrected chi connectivity index (χ3v) is 6.91. The predicted molar refractivity (Wildman–Crippen MR) is 105 cm³/mol. The molecule has 1 aliphatic rings. The van der Waals surface area contributed by atoms with Gasteiger partial charge in [0.1, 0.15) is 5.82 Å². The number of fused-ring (bicyclic) bond motifs is 1. The quantitative estimate of drug-likeness (QED) is 0.697. The molecule has 1 saturated heterocycles. The van der Waals surface area contributed by atoms with E-state index in [1.807, 2.05) is 43.3 Å². The van der Waals surface area contributed by atoms with Gasteiger partial charge in [-0.2, -0.15) is 0 Å². The van der Waals surface area contributed by atoms with Crippen molar-refractivity contribution in [1.29, 1.82) is 0 Å². The van der Waals surface area contributed by atoms with Gasteiger partial charge in [0.05, 0.1) is 22.5 Å². The summed E-state index contributed by atoms with van der Waals surface area (Å²) in [7, 11) is -1.36. The summed E-state index contributed by atoms with van der Waals surface area (Å²) < 4.78 is 25.5. The van der Waals surface area contributed by atoms with E-state index in [1.54, 1.807) is 24.1 Å². The number of rotatable bonds is 3. The number of aryl methyl sites for hydroxylation is 1. The van der Waals surface area contributed by atoms with E-state index in [4.69, 9.17) is 0 Å². The Morgan fingerprint density at radius 2 is 1.93 bits per heavy atom. The van der Waals surface area contributed by atoms with Crippen LogP contribution >= 0.6 is 0 Å². The number of aromatic nitrogens is 2. The van der Waals surface area contributed by atoms with Gasteiger partial charge in [0.25, 0.3) is 5.91 Å². The molecule has 1 aliphatic heterocycles. The molecule has 3 aromatic rings. The van der Waals surface area contributed by atoms with Gasteiger partial charge >= 0.3 is 0 Å². The molecule has 1 fully saturated rings. The van der Waals surface area contributed by atoms with E-state index >= 15 is 0 Å². The van der Waals surface area contributed by atoms with Crippen LogP contribution in [-0.4, -0.2) is 53.4 Å². The maximum atomic E-state index is 12.8. The third-order valence-electron chi connectivity index (χ3n) is 5.16. The molecule has 140 valence electrons. The van der Waals surface area contributed by atoms with Gasteiger partial charge in [0.2, 0.25) is 0 Å². The van der Waals surface area contributed by atoms with E-state index in [0.717, 1.165) is 22.5 Å². The summed E-state index contributed by atoms with van der Waals surface area (Å²) in [6.45, 7) is 1.93. The summed E-state index contributed by atoms with van der Waals surface area (Å²) >= 11 is 0. The number of carbonyl (C=O) groups excluding carboxylic acids is 1. The summed E-state index contributed by atoms with van der Waals surface area (Å²) in [6, 6.07) is 15.1. The second-order valence-electron chi connectivity index (χ2n) is 7.01. The van der Waals surface area contributed by atoms with Crippen LogP contribution in [0.3, 0.4) is 0 Å². The average molecular weight is 383 g/mol. The minimum atomic E-state index is -3.03. The lowest BCUT2D eigenvalue weighted by Crippen LogP contribution is -2.37. The van der Waals surface area contributed by atoms with Crippen molar-refractivity contribution in [3.8, 4) is 5.69 Å². The van der Waals surface area contributed by atoms with Gasteiger partial charge < -0.3 is 4.90 Å². The summed E-state index contributed by atoms with van der Waals surface area (Å²) in [5.74, 6) is 0.857. The van der Waals surface area contributed by atoms with Crippen molar-refractivity contribution in [2.24, 2.45) is 0 Å². The van der Waals surface area contributed by atoms with Gasteiger partial charge in [-0.25, -0.2) is 13.4 Å². The van der Waals surface area contributed by atoms with Gasteiger partial charge in [-0.05, 0) is 43.7 Å². The fraction of sp³-hybridized carbons (Fsp3) is 0.300. The highest BCUT2D eigenvalue weighted by atomic mass is 32.2. The molecule has 0 radical (unpaired) electrons. The number of nitrogens with zero attached hydrogens (tertiary/aromatic N) is 3. The number of carbonyl (C=O) groups is 1. The SMILES string of the molecule is Cc1nc2cc(C(=O)N(C)[C@H]3CCS(=O)(=O)C3)ccc2n1-c1ccccc1. The van der Waals surface area contributed by atoms with Crippen LogP contribution in [0.25, 0.3) is 16.7 Å². The lowest BCUT2D eigenvalue weighted by Gasteiger charge is -2.23. The number of hydrogen-bond donors (Lipinski definition) is 0. The van der Waals surface area contributed by atoms with Crippen molar-refractivity contribution in [3.63, 3.8) is 0 Å². The predicted octanol–water partition coefficient (Wildman–Crippen LogP) is 2.59. The molecule has 0 bridgehead atoms. The average Bonchev–Trinajstić information content (AvgIpc) is 3.18. The molecule has 6 nitrogen and oxygen atoms in total. The fourth-order valence-electron chi connectivity index (χ4n) is 3.69. The number of sulfone groups is 1. The zero-order valence-electron chi connectivity index (χ0n) is 15.3. The Balaban J connectivity index is 1.67. The van der Waals surface area contributed by atoms with Crippen LogP contribution in [0.2, 0.25) is 0 Å². The molecule has 0 spiro atoms. The number of para-hydroxylation sites is 1. The van der Waals surface area contributed by atoms with Crippen LogP contribution in [0.4, 0.5) is 0 Å². The van der Waals surface area contributed by atoms with Crippen LogP contribution in [0.5, 0.6) is 0 Å². The topological polar surface area (TPSA) is 72.3 Å². The second-order valence-corrected chi connectivity index (χ2v) is 9.24. The fourth-order valence-corrected chi connectivity index (χ4v) is 5.46. The molecule has 4 rings (SSSR count). The monoisotopic (exact) mass is 383 g/mol. The van der Waals surface area contributed by atoms with E-state index in [1.165, 1.54) is 0 Å². The van der Waals surface area contributed by atoms with Gasteiger partial charge in [0, 0.05) is 24.3 Å². The van der Waals surface area contributed by atoms with Crippen molar-refractivity contribution in [2.45, 2.75) is 19.4 Å². The van der Waals surface area contributed by atoms with Crippen molar-refractivity contribution in [3.05, 3.63) is 59.9 Å². The molecular weight excluding hydrogens is 362 g/mol. The van der Waals surface area contributed by atoms with Crippen LogP contribution in [0, 0.1) is 6.92 Å². The van der Waals surface area contributed by atoms with Crippen molar-refractivity contribution < 1.29 is 13.2 Å². The minimum absolute atomic E-state index is 0.0409. The number of benzene rings is 2. The lowest BCUT2D eigenvalue weighted by molar-refractivity contribution is 0.0748. The maximum Gasteiger partial charge on any atom is 0.253 e. The Bertz CT molecular complexity index is 1120. The summed E-state index contributed by atoms with van der Waals surface area (Å²) in [5.41, 5.74) is 3.22. The highest BCUT2D eigenvalue weighted by Gasteiger charge is 2.33. The molecule has 0 N–H and O–H groups in total. The molecule has 2 aromatic carbocycles. The Labute approximate surface area is 158 Å². The van der Waals surface area contributed by atoms with Gasteiger partial charge in [-0.1, -0.05) is 18.2 Å². The molecule has 1 atom stereocenters. The van der Waals surface area contributed by atoms with E-state index in [-0.39, 0.29) is 23.5 Å². The van der Waals surface area contributed by atoms with E-state index in [9.17, 15) is 13.2 Å². The number of imidazole rings is 1. The zero-order valence-corrected chi connectivity index (χ0v) is 16.1. The summed E-state index contributed by atoms with van der Waals surface area (Å²) in [4.78, 5) is 19.0. The molecule has 7 heteroatoms. The standard InChI is InChI=1S/C20H21N3O3S/c1-14-21-18-12-15(20(24)22(2)17-10-11-27(25,26)13-17)8-9-19(18)23(14)16-6-4-3-5-7-16/h3-9,12,17H,10-11,13H2,1-2H3/t17-/m0/s1. The molecule has 1 amide bonds. The molecule has 0 saturated carbocycles. The van der Waals surface area contributed by atoms with E-state index in [2.05, 4.69) is 9.55 Å². The van der Waals surface area contributed by atoms with Crippen LogP contribution in [0.1, 0.15) is 22.6 Å². The molecular formula is C20H21N3O3S. The van der Waals surface area contributed by atoms with Crippen molar-refractivity contribution in [2.75, 3.05) is 18.6 Å². The smallest absolute Gasteiger partial charge is 0.253 e. The van der Waals surface area contributed by atoms with Crippen molar-refractivity contribution >= 4 is 26.8 Å².